The molecule has 5 heteroatoms. The Morgan fingerprint density at radius 2 is 1.75 bits per heavy atom. The zero-order valence-corrected chi connectivity index (χ0v) is 13.2. The molecule has 2 aromatic rings. The minimum atomic E-state index is -0.0790. The summed E-state index contributed by atoms with van der Waals surface area (Å²) in [7, 11) is 0. The first-order valence-corrected chi connectivity index (χ1v) is 7.31. The molecule has 0 saturated heterocycles. The molecule has 0 bridgehead atoms. The third kappa shape index (κ3) is 3.46. The summed E-state index contributed by atoms with van der Waals surface area (Å²) < 4.78 is 0. The summed E-state index contributed by atoms with van der Waals surface area (Å²) in [6.45, 7) is 2.00. The Kier molecular flexibility index (Phi) is 5.30. The van der Waals surface area contributed by atoms with Gasteiger partial charge < -0.3 is 0 Å². The predicted octanol–water partition coefficient (Wildman–Crippen LogP) is 4.70. The van der Waals surface area contributed by atoms with E-state index in [-0.39, 0.29) is 6.04 Å². The second-order valence-electron chi connectivity index (χ2n) is 4.62. The third-order valence-electron chi connectivity index (χ3n) is 3.28. The zero-order chi connectivity index (χ0) is 14.7. The average Bonchev–Trinajstić information content (AvgIpc) is 2.40. The number of nitrogens with one attached hydrogen (secondary N) is 1. The van der Waals surface area contributed by atoms with E-state index in [1.54, 1.807) is 0 Å². The lowest BCUT2D eigenvalue weighted by Gasteiger charge is -2.20. The highest BCUT2D eigenvalue weighted by atomic mass is 35.5. The average molecular weight is 330 g/mol. The molecule has 0 spiro atoms. The SMILES string of the molecule is Cc1cc(Cl)ccc1C(Cc1c(Cl)cccc1Cl)NN. The quantitative estimate of drug-likeness (QED) is 0.630. The van der Waals surface area contributed by atoms with Crippen molar-refractivity contribution in [3.63, 3.8) is 0 Å². The van der Waals surface area contributed by atoms with Gasteiger partial charge in [-0.15, -0.1) is 0 Å². The van der Waals surface area contributed by atoms with Gasteiger partial charge in [-0.2, -0.15) is 0 Å². The lowest BCUT2D eigenvalue weighted by atomic mass is 9.96. The maximum absolute atomic E-state index is 6.21. The number of hydrazine groups is 1. The van der Waals surface area contributed by atoms with Crippen LogP contribution >= 0.6 is 34.8 Å². The topological polar surface area (TPSA) is 38.0 Å². The van der Waals surface area contributed by atoms with Gasteiger partial charge in [0, 0.05) is 15.1 Å². The monoisotopic (exact) mass is 328 g/mol. The maximum atomic E-state index is 6.21. The van der Waals surface area contributed by atoms with Crippen LogP contribution in [0.1, 0.15) is 22.7 Å². The van der Waals surface area contributed by atoms with Gasteiger partial charge in [-0.1, -0.05) is 46.9 Å². The Balaban J connectivity index is 2.34. The fourth-order valence-corrected chi connectivity index (χ4v) is 3.00. The third-order valence-corrected chi connectivity index (χ3v) is 4.22. The van der Waals surface area contributed by atoms with Crippen molar-refractivity contribution in [1.29, 1.82) is 0 Å². The van der Waals surface area contributed by atoms with Crippen LogP contribution in [0, 0.1) is 6.92 Å². The number of aryl methyl sites for hydroxylation is 1. The predicted molar refractivity (Wildman–Crippen MR) is 86.4 cm³/mol. The Morgan fingerprint density at radius 1 is 1.10 bits per heavy atom. The highest BCUT2D eigenvalue weighted by molar-refractivity contribution is 6.36. The van der Waals surface area contributed by atoms with Crippen LogP contribution in [0.3, 0.4) is 0 Å². The van der Waals surface area contributed by atoms with Gasteiger partial charge >= 0.3 is 0 Å². The summed E-state index contributed by atoms with van der Waals surface area (Å²) in [5, 5.41) is 1.99. The molecule has 0 heterocycles. The van der Waals surface area contributed by atoms with Crippen LogP contribution < -0.4 is 11.3 Å². The van der Waals surface area contributed by atoms with E-state index in [4.69, 9.17) is 40.6 Å². The summed E-state index contributed by atoms with van der Waals surface area (Å²) in [5.74, 6) is 5.69. The summed E-state index contributed by atoms with van der Waals surface area (Å²) in [5.41, 5.74) is 5.85. The molecule has 1 atom stereocenters. The number of hydrogen-bond donors (Lipinski definition) is 2. The Morgan fingerprint density at radius 3 is 2.30 bits per heavy atom. The van der Waals surface area contributed by atoms with Crippen molar-refractivity contribution in [3.05, 3.63) is 68.2 Å². The first kappa shape index (κ1) is 15.6. The maximum Gasteiger partial charge on any atom is 0.0503 e. The molecule has 0 aliphatic rings. The van der Waals surface area contributed by atoms with E-state index in [9.17, 15) is 0 Å². The number of nitrogens with two attached hydrogens (primary N) is 1. The van der Waals surface area contributed by atoms with E-state index in [2.05, 4.69) is 5.43 Å². The summed E-state index contributed by atoms with van der Waals surface area (Å²) >= 11 is 18.4. The van der Waals surface area contributed by atoms with Gasteiger partial charge in [0.2, 0.25) is 0 Å². The van der Waals surface area contributed by atoms with E-state index >= 15 is 0 Å². The van der Waals surface area contributed by atoms with E-state index in [1.165, 1.54) is 0 Å². The molecule has 1 unspecified atom stereocenters. The van der Waals surface area contributed by atoms with Crippen LogP contribution in [0.2, 0.25) is 15.1 Å². The lowest BCUT2D eigenvalue weighted by molar-refractivity contribution is 0.549. The van der Waals surface area contributed by atoms with E-state index < -0.39 is 0 Å². The van der Waals surface area contributed by atoms with E-state index in [0.717, 1.165) is 16.7 Å². The second kappa shape index (κ2) is 6.79. The molecule has 0 fully saturated rings. The molecule has 0 radical (unpaired) electrons. The van der Waals surface area contributed by atoms with Gasteiger partial charge in [-0.05, 0) is 54.3 Å². The number of benzene rings is 2. The molecule has 0 aliphatic carbocycles. The molecule has 20 heavy (non-hydrogen) atoms. The Labute approximate surface area is 133 Å². The van der Waals surface area contributed by atoms with Crippen molar-refractivity contribution in [3.8, 4) is 0 Å². The van der Waals surface area contributed by atoms with Gasteiger partial charge in [0.25, 0.3) is 0 Å². The Hall–Kier alpha value is -0.770. The fraction of sp³-hybridized carbons (Fsp3) is 0.200. The van der Waals surface area contributed by atoms with Crippen LogP contribution in [-0.2, 0) is 6.42 Å². The van der Waals surface area contributed by atoms with Gasteiger partial charge in [0.1, 0.15) is 0 Å². The van der Waals surface area contributed by atoms with E-state index in [1.807, 2.05) is 43.3 Å². The number of rotatable bonds is 4. The van der Waals surface area contributed by atoms with Crippen LogP contribution in [0.5, 0.6) is 0 Å². The summed E-state index contributed by atoms with van der Waals surface area (Å²) in [6.07, 6.45) is 0.609. The molecule has 0 aliphatic heterocycles. The molecular weight excluding hydrogens is 315 g/mol. The molecular formula is C15H15Cl3N2. The smallest absolute Gasteiger partial charge is 0.0503 e. The minimum absolute atomic E-state index is 0.0790. The van der Waals surface area contributed by atoms with Crippen molar-refractivity contribution < 1.29 is 0 Å². The van der Waals surface area contributed by atoms with Crippen molar-refractivity contribution >= 4 is 34.8 Å². The van der Waals surface area contributed by atoms with Crippen molar-refractivity contribution in [2.75, 3.05) is 0 Å². The molecule has 0 aromatic heterocycles. The van der Waals surface area contributed by atoms with Gasteiger partial charge in [0.15, 0.2) is 0 Å². The highest BCUT2D eigenvalue weighted by Gasteiger charge is 2.16. The second-order valence-corrected chi connectivity index (χ2v) is 5.88. The van der Waals surface area contributed by atoms with Gasteiger partial charge in [-0.25, -0.2) is 0 Å². The molecule has 0 amide bonds. The van der Waals surface area contributed by atoms with E-state index in [0.29, 0.717) is 21.5 Å². The molecule has 2 aromatic carbocycles. The minimum Gasteiger partial charge on any atom is -0.271 e. The molecule has 3 N–H and O–H groups in total. The molecule has 106 valence electrons. The molecule has 2 rings (SSSR count). The normalized spacial score (nSPS) is 12.4. The van der Waals surface area contributed by atoms with Crippen molar-refractivity contribution in [2.45, 2.75) is 19.4 Å². The van der Waals surface area contributed by atoms with Gasteiger partial charge in [-0.3, -0.25) is 11.3 Å². The first-order valence-electron chi connectivity index (χ1n) is 6.18. The van der Waals surface area contributed by atoms with Crippen molar-refractivity contribution in [2.24, 2.45) is 5.84 Å². The molecule has 0 saturated carbocycles. The standard InChI is InChI=1S/C15H15Cl3N2/c1-9-7-10(16)5-6-11(9)15(20-19)8-12-13(17)3-2-4-14(12)18/h2-7,15,20H,8,19H2,1H3. The largest absolute Gasteiger partial charge is 0.271 e. The zero-order valence-electron chi connectivity index (χ0n) is 11.0. The van der Waals surface area contributed by atoms with Crippen LogP contribution in [-0.4, -0.2) is 0 Å². The fourth-order valence-electron chi connectivity index (χ4n) is 2.22. The lowest BCUT2D eigenvalue weighted by Crippen LogP contribution is -2.30. The first-order chi connectivity index (χ1) is 9.52. The van der Waals surface area contributed by atoms with Crippen LogP contribution in [0.25, 0.3) is 0 Å². The molecule has 2 nitrogen and oxygen atoms in total. The van der Waals surface area contributed by atoms with Crippen LogP contribution in [0.15, 0.2) is 36.4 Å². The van der Waals surface area contributed by atoms with Crippen LogP contribution in [0.4, 0.5) is 0 Å². The van der Waals surface area contributed by atoms with Gasteiger partial charge in [0.05, 0.1) is 6.04 Å². The van der Waals surface area contributed by atoms with Crippen molar-refractivity contribution in [1.82, 2.24) is 5.43 Å². The summed E-state index contributed by atoms with van der Waals surface area (Å²) in [4.78, 5) is 0. The summed E-state index contributed by atoms with van der Waals surface area (Å²) in [6, 6.07) is 11.1. The Bertz CT molecular complexity index is 594. The number of hydrogen-bond acceptors (Lipinski definition) is 2. The number of halogens is 3. The highest BCUT2D eigenvalue weighted by Crippen LogP contribution is 2.30.